The van der Waals surface area contributed by atoms with E-state index in [-0.39, 0.29) is 12.1 Å². The number of hydrogen-bond donors (Lipinski definition) is 0. The van der Waals surface area contributed by atoms with Crippen molar-refractivity contribution < 1.29 is 0 Å². The molecule has 6 aliphatic rings. The molecule has 0 bridgehead atoms. The maximum absolute atomic E-state index is 2.69. The van der Waals surface area contributed by atoms with Crippen molar-refractivity contribution in [3.8, 4) is 44.5 Å². The van der Waals surface area contributed by atoms with Gasteiger partial charge in [-0.1, -0.05) is 196 Å². The summed E-state index contributed by atoms with van der Waals surface area (Å²) in [6.45, 7) is 13.8. The molecule has 17 rings (SSSR count). The Morgan fingerprint density at radius 3 is 1.17 bits per heavy atom. The van der Waals surface area contributed by atoms with Gasteiger partial charge in [-0.3, -0.25) is 0 Å². The second kappa shape index (κ2) is 14.7. The van der Waals surface area contributed by atoms with Crippen molar-refractivity contribution in [2.75, 3.05) is 9.80 Å². The van der Waals surface area contributed by atoms with Gasteiger partial charge in [-0.2, -0.15) is 0 Å². The summed E-state index contributed by atoms with van der Waals surface area (Å²) >= 11 is 4.19. The fourth-order valence-corrected chi connectivity index (χ4v) is 18.5. The Hall–Kier alpha value is -7.96. The lowest BCUT2D eigenvalue weighted by molar-refractivity contribution is 0.588. The van der Waals surface area contributed by atoms with Gasteiger partial charge >= 0.3 is 0 Å². The molecule has 0 amide bonds. The molecule has 5 heteroatoms. The first-order valence-electron chi connectivity index (χ1n) is 26.9. The molecule has 4 aliphatic carbocycles. The Balaban J connectivity index is 1.05. The van der Waals surface area contributed by atoms with Crippen molar-refractivity contribution in [3.63, 3.8) is 0 Å². The van der Waals surface area contributed by atoms with Crippen LogP contribution in [-0.4, -0.2) is 6.71 Å². The van der Waals surface area contributed by atoms with Gasteiger partial charge in [0.1, 0.15) is 0 Å². The summed E-state index contributed by atoms with van der Waals surface area (Å²) in [6.07, 6.45) is 0. The van der Waals surface area contributed by atoms with Crippen molar-refractivity contribution >= 4 is 78.5 Å². The molecule has 0 radical (unpaired) electrons. The van der Waals surface area contributed by atoms with Gasteiger partial charge < -0.3 is 9.80 Å². The number of nitrogens with zero attached hydrogens (tertiary/aromatic N) is 2. The summed E-state index contributed by atoms with van der Waals surface area (Å²) in [5, 5.41) is 0. The van der Waals surface area contributed by atoms with E-state index in [0.717, 1.165) is 0 Å². The monoisotopic (exact) mass is 1010 g/mol. The van der Waals surface area contributed by atoms with E-state index in [0.29, 0.717) is 0 Å². The van der Waals surface area contributed by atoms with Crippen molar-refractivity contribution in [1.29, 1.82) is 0 Å². The number of aryl methyl sites for hydroxylation is 3. The van der Waals surface area contributed by atoms with E-state index < -0.39 is 10.8 Å². The van der Waals surface area contributed by atoms with Crippen molar-refractivity contribution in [2.45, 2.75) is 57.8 Å². The molecule has 4 heterocycles. The number of rotatable bonds is 2. The summed E-state index contributed by atoms with van der Waals surface area (Å²) in [7, 11) is 0. The minimum absolute atomic E-state index is 0.0393. The first-order chi connectivity index (χ1) is 37.1. The molecular weight excluding hydrogens is 956 g/mol. The number of benzene rings is 9. The fraction of sp³-hybridized carbons (Fsp3) is 0.127. The highest BCUT2D eigenvalue weighted by molar-refractivity contribution is 7.37. The Bertz CT molecular complexity index is 4300. The fourth-order valence-electron chi connectivity index (χ4n) is 15.1. The number of anilines is 6. The molecule has 0 saturated carbocycles. The maximum Gasteiger partial charge on any atom is 0.277 e. The van der Waals surface area contributed by atoms with Crippen LogP contribution >= 0.6 is 22.7 Å². The van der Waals surface area contributed by atoms with Crippen LogP contribution in [-0.2, 0) is 16.2 Å². The average molecular weight is 1010 g/mol. The van der Waals surface area contributed by atoms with Crippen molar-refractivity contribution in [2.24, 2.45) is 0 Å². The zero-order chi connectivity index (χ0) is 50.7. The normalized spacial score (nSPS) is 15.4. The highest BCUT2D eigenvalue weighted by Crippen LogP contribution is 2.70. The molecular formula is C71H51BN2S2. The molecule has 0 atom stereocenters. The Labute approximate surface area is 453 Å². The highest BCUT2D eigenvalue weighted by Gasteiger charge is 2.60. The Morgan fingerprint density at radius 2 is 0.750 bits per heavy atom. The third-order valence-electron chi connectivity index (χ3n) is 18.2. The smallest absolute Gasteiger partial charge is 0.277 e. The van der Waals surface area contributed by atoms with Crippen LogP contribution in [0.25, 0.3) is 44.5 Å². The minimum Gasteiger partial charge on any atom is -0.310 e. The van der Waals surface area contributed by atoms with Gasteiger partial charge in [0, 0.05) is 53.2 Å². The SMILES string of the molecule is Cc1ccc(N2c3cc(C)cc4c3B(c3sc5c(c32)-c2ccccc2C52c3ccccc3-c3ccccc32)c2sc3c(c2N4c2ccc(C)cc2)-c2ccc(C(C)(C)C)cc2C32c3ccccc3-c3ccccc32)cc1. The van der Waals surface area contributed by atoms with Crippen LogP contribution in [0.4, 0.5) is 34.1 Å². The molecule has 2 spiro atoms. The summed E-state index contributed by atoms with van der Waals surface area (Å²) < 4.78 is 2.85. The van der Waals surface area contributed by atoms with Gasteiger partial charge in [0.15, 0.2) is 0 Å². The first kappa shape index (κ1) is 43.3. The highest BCUT2D eigenvalue weighted by atomic mass is 32.1. The maximum atomic E-state index is 2.69. The minimum atomic E-state index is -0.506. The average Bonchev–Trinajstić information content (AvgIpc) is 4.40. The lowest BCUT2D eigenvalue weighted by Gasteiger charge is -2.43. The molecule has 0 fully saturated rings. The molecule has 2 nitrogen and oxygen atoms in total. The lowest BCUT2D eigenvalue weighted by Crippen LogP contribution is -2.59. The molecule has 2 aliphatic heterocycles. The van der Waals surface area contributed by atoms with Gasteiger partial charge in [-0.05, 0) is 146 Å². The van der Waals surface area contributed by atoms with Crippen LogP contribution in [0.15, 0.2) is 200 Å². The molecule has 0 unspecified atom stereocenters. The largest absolute Gasteiger partial charge is 0.310 e. The lowest BCUT2D eigenvalue weighted by atomic mass is 9.39. The summed E-state index contributed by atoms with van der Waals surface area (Å²) in [6, 6.07) is 77.9. The van der Waals surface area contributed by atoms with Gasteiger partial charge in [0.25, 0.3) is 6.71 Å². The van der Waals surface area contributed by atoms with Crippen LogP contribution in [0.2, 0.25) is 0 Å². The second-order valence-electron chi connectivity index (χ2n) is 23.3. The van der Waals surface area contributed by atoms with Crippen molar-refractivity contribution in [3.05, 3.63) is 266 Å². The third-order valence-corrected chi connectivity index (χ3v) is 20.9. The summed E-state index contributed by atoms with van der Waals surface area (Å²) in [4.78, 5) is 8.25. The summed E-state index contributed by atoms with van der Waals surface area (Å²) in [5.74, 6) is 0. The van der Waals surface area contributed by atoms with E-state index in [1.807, 2.05) is 0 Å². The van der Waals surface area contributed by atoms with Crippen LogP contribution < -0.4 is 24.8 Å². The van der Waals surface area contributed by atoms with Gasteiger partial charge in [0.2, 0.25) is 0 Å². The molecule has 0 N–H and O–H groups in total. The Kier molecular flexibility index (Phi) is 8.38. The molecule has 2 aromatic heterocycles. The van der Waals surface area contributed by atoms with E-state index in [9.17, 15) is 0 Å². The van der Waals surface area contributed by atoms with E-state index >= 15 is 0 Å². The molecule has 0 saturated heterocycles. The van der Waals surface area contributed by atoms with Crippen molar-refractivity contribution in [1.82, 2.24) is 0 Å². The number of hydrogen-bond acceptors (Lipinski definition) is 4. The van der Waals surface area contributed by atoms with E-state index in [4.69, 9.17) is 0 Å². The van der Waals surface area contributed by atoms with Gasteiger partial charge in [-0.15, -0.1) is 22.7 Å². The molecule has 76 heavy (non-hydrogen) atoms. The zero-order valence-electron chi connectivity index (χ0n) is 43.3. The first-order valence-corrected chi connectivity index (χ1v) is 28.6. The van der Waals surface area contributed by atoms with Crippen LogP contribution in [0.1, 0.15) is 86.2 Å². The molecule has 11 aromatic rings. The number of fused-ring (bicyclic) bond motifs is 26. The van der Waals surface area contributed by atoms with Gasteiger partial charge in [0.05, 0.1) is 22.2 Å². The Morgan fingerprint density at radius 1 is 0.382 bits per heavy atom. The van der Waals surface area contributed by atoms with E-state index in [1.165, 1.54) is 159 Å². The predicted octanol–water partition coefficient (Wildman–Crippen LogP) is 16.8. The second-order valence-corrected chi connectivity index (χ2v) is 25.4. The third kappa shape index (κ3) is 5.10. The van der Waals surface area contributed by atoms with Gasteiger partial charge in [-0.25, -0.2) is 0 Å². The molecule has 9 aromatic carbocycles. The standard InChI is InChI=1S/C71H51BN2S2/c1-40-27-32-44(33-28-40)73-58-37-42(3)38-59-62(58)72(67-63(73)60-50-21-11-16-26-56(50)70(65(60)75-67)52-22-12-7-17-46(52)47-18-8-13-23-53(47)70)68-64(74(59)45-34-29-41(2)30-35-45)61-51-36-31-43(69(4,5)6)39-57(51)71(66(61)76-68)54-24-14-9-19-48(54)49-20-10-15-25-55(49)71/h7-39H,1-6H3. The van der Waals surface area contributed by atoms with Crippen LogP contribution in [0.3, 0.4) is 0 Å². The summed E-state index contributed by atoms with van der Waals surface area (Å²) in [5.41, 5.74) is 32.2. The topological polar surface area (TPSA) is 6.48 Å². The quantitative estimate of drug-likeness (QED) is 0.159. The van der Waals surface area contributed by atoms with Crippen LogP contribution in [0.5, 0.6) is 0 Å². The zero-order valence-corrected chi connectivity index (χ0v) is 45.0. The number of thiophene rings is 2. The predicted molar refractivity (Wildman–Crippen MR) is 322 cm³/mol. The van der Waals surface area contributed by atoms with E-state index in [2.05, 4.69) is 274 Å². The van der Waals surface area contributed by atoms with Crippen LogP contribution in [0, 0.1) is 20.8 Å². The van der Waals surface area contributed by atoms with E-state index in [1.54, 1.807) is 0 Å². The molecule has 360 valence electrons.